The number of hydrogen-bond acceptors (Lipinski definition) is 2. The van der Waals surface area contributed by atoms with E-state index in [1.807, 2.05) is 0 Å². The van der Waals surface area contributed by atoms with E-state index in [1.165, 1.54) is 55.0 Å². The lowest BCUT2D eigenvalue weighted by atomic mass is 9.76. The third kappa shape index (κ3) is 7.02. The van der Waals surface area contributed by atoms with E-state index < -0.39 is 36.0 Å². The lowest BCUT2D eigenvalue weighted by molar-refractivity contribution is -0.222. The Hall–Kier alpha value is -3.16. The van der Waals surface area contributed by atoms with E-state index in [0.29, 0.717) is 18.8 Å². The fourth-order valence-corrected chi connectivity index (χ4v) is 6.29. The molecule has 41 heavy (non-hydrogen) atoms. The lowest BCUT2D eigenvalue weighted by Crippen LogP contribution is -2.37. The van der Waals surface area contributed by atoms with Crippen molar-refractivity contribution in [2.24, 2.45) is 11.8 Å². The van der Waals surface area contributed by atoms with Crippen LogP contribution in [0.15, 0.2) is 60.7 Å². The second kappa shape index (κ2) is 12.4. The summed E-state index contributed by atoms with van der Waals surface area (Å²) in [6.07, 6.45) is 3.29. The quantitative estimate of drug-likeness (QED) is 0.248. The minimum Gasteiger partial charge on any atom is -0.432 e. The second-order valence-corrected chi connectivity index (χ2v) is 11.5. The molecular weight excluding hydrogens is 542 g/mol. The summed E-state index contributed by atoms with van der Waals surface area (Å²) in [5, 5.41) is 0. The highest BCUT2D eigenvalue weighted by atomic mass is 19.3. The normalized spacial score (nSPS) is 23.4. The maximum atomic E-state index is 15.1. The summed E-state index contributed by atoms with van der Waals surface area (Å²) in [5.41, 5.74) is 2.51. The smallest absolute Gasteiger partial charge is 0.400 e. The molecule has 0 aliphatic heterocycles. The van der Waals surface area contributed by atoms with Crippen LogP contribution in [0.25, 0.3) is 11.1 Å². The van der Waals surface area contributed by atoms with Gasteiger partial charge in [0.25, 0.3) is 0 Å². The highest BCUT2D eigenvalue weighted by Crippen LogP contribution is 2.44. The van der Waals surface area contributed by atoms with Gasteiger partial charge in [0.15, 0.2) is 11.6 Å². The first-order valence-electron chi connectivity index (χ1n) is 14.3. The molecule has 3 aromatic rings. The highest BCUT2D eigenvalue weighted by Gasteiger charge is 2.44. The largest absolute Gasteiger partial charge is 0.432 e. The van der Waals surface area contributed by atoms with Gasteiger partial charge in [-0.15, -0.1) is 0 Å². The molecule has 5 rings (SSSR count). The third-order valence-corrected chi connectivity index (χ3v) is 8.75. The molecule has 2 nitrogen and oxygen atoms in total. The summed E-state index contributed by atoms with van der Waals surface area (Å²) in [5.74, 6) is -2.39. The van der Waals surface area contributed by atoms with Gasteiger partial charge in [0.1, 0.15) is 11.6 Å². The summed E-state index contributed by atoms with van der Waals surface area (Å²) in [6, 6.07) is 14.9. The first-order chi connectivity index (χ1) is 19.6. The van der Waals surface area contributed by atoms with Crippen LogP contribution in [0.4, 0.5) is 26.3 Å². The molecule has 0 aromatic heterocycles. The van der Waals surface area contributed by atoms with Crippen LogP contribution in [0.2, 0.25) is 0 Å². The van der Waals surface area contributed by atoms with Crippen molar-refractivity contribution in [1.29, 1.82) is 0 Å². The van der Waals surface area contributed by atoms with E-state index in [9.17, 15) is 17.6 Å². The average Bonchev–Trinajstić information content (AvgIpc) is 2.94. The van der Waals surface area contributed by atoms with Crippen LogP contribution >= 0.6 is 0 Å². The Morgan fingerprint density at radius 3 is 1.83 bits per heavy atom. The molecule has 2 aliphatic carbocycles. The fourth-order valence-electron chi connectivity index (χ4n) is 6.29. The minimum atomic E-state index is -3.48. The van der Waals surface area contributed by atoms with Gasteiger partial charge in [-0.3, -0.25) is 0 Å². The Kier molecular flexibility index (Phi) is 8.85. The van der Waals surface area contributed by atoms with E-state index in [4.69, 9.17) is 4.74 Å². The van der Waals surface area contributed by atoms with Crippen molar-refractivity contribution in [1.82, 2.24) is 0 Å². The van der Waals surface area contributed by atoms with Gasteiger partial charge in [0, 0.05) is 11.6 Å². The van der Waals surface area contributed by atoms with E-state index in [2.05, 4.69) is 35.9 Å². The maximum Gasteiger partial charge on any atom is 0.400 e. The molecule has 0 heterocycles. The third-order valence-electron chi connectivity index (χ3n) is 8.75. The molecule has 0 atom stereocenters. The molecule has 0 N–H and O–H groups in total. The molecule has 2 aliphatic rings. The monoisotopic (exact) mass is 576 g/mol. The van der Waals surface area contributed by atoms with Crippen LogP contribution in [-0.4, -0.2) is 12.7 Å². The highest BCUT2D eigenvalue weighted by molar-refractivity contribution is 5.66. The zero-order valence-corrected chi connectivity index (χ0v) is 22.9. The first kappa shape index (κ1) is 29.3. The van der Waals surface area contributed by atoms with Crippen LogP contribution in [0, 0.1) is 23.5 Å². The Bertz CT molecular complexity index is 1310. The van der Waals surface area contributed by atoms with Crippen molar-refractivity contribution in [2.45, 2.75) is 82.8 Å². The molecule has 3 aromatic carbocycles. The van der Waals surface area contributed by atoms with Crippen molar-refractivity contribution >= 4 is 0 Å². The van der Waals surface area contributed by atoms with Crippen molar-refractivity contribution in [3.63, 3.8) is 0 Å². The van der Waals surface area contributed by atoms with Gasteiger partial charge in [-0.05, 0) is 97.2 Å². The number of alkyl halides is 4. The number of ether oxygens (including phenoxy) is 2. The van der Waals surface area contributed by atoms with Gasteiger partial charge < -0.3 is 9.47 Å². The molecule has 0 spiro atoms. The minimum absolute atomic E-state index is 0.0413. The van der Waals surface area contributed by atoms with E-state index in [-0.39, 0.29) is 35.6 Å². The van der Waals surface area contributed by atoms with Crippen LogP contribution in [0.1, 0.15) is 81.3 Å². The van der Waals surface area contributed by atoms with E-state index >= 15 is 8.78 Å². The first-order valence-corrected chi connectivity index (χ1v) is 14.3. The Morgan fingerprint density at radius 1 is 0.707 bits per heavy atom. The topological polar surface area (TPSA) is 18.5 Å². The van der Waals surface area contributed by atoms with Crippen molar-refractivity contribution in [3.05, 3.63) is 83.4 Å². The number of hydrogen-bond donors (Lipinski definition) is 0. The predicted octanol–water partition coefficient (Wildman–Crippen LogP) is 10.5. The Balaban J connectivity index is 1.17. The van der Waals surface area contributed by atoms with Crippen LogP contribution in [0.3, 0.4) is 0 Å². The Labute approximate surface area is 236 Å². The molecule has 0 amide bonds. The second-order valence-electron chi connectivity index (χ2n) is 11.5. The van der Waals surface area contributed by atoms with Crippen molar-refractivity contribution < 1.29 is 35.8 Å². The molecule has 0 saturated heterocycles. The standard InChI is InChI=1S/C33H34F6O2/c1-20-2-4-21(5-3-20)22-6-8-23(9-7-22)24-10-13-26(14-11-24)33(38,39)41-27-15-16-28(29(34)19-27)25-12-17-31(30(35)18-25)40-32(36)37/h6-9,12,15-21,24,26,32H,2-5,10-11,13-14H2,1H3. The maximum absolute atomic E-state index is 15.1. The Morgan fingerprint density at radius 2 is 1.29 bits per heavy atom. The van der Waals surface area contributed by atoms with Gasteiger partial charge in [0.2, 0.25) is 0 Å². The van der Waals surface area contributed by atoms with Crippen LogP contribution < -0.4 is 9.47 Å². The van der Waals surface area contributed by atoms with Crippen LogP contribution in [0.5, 0.6) is 11.5 Å². The van der Waals surface area contributed by atoms with Gasteiger partial charge >= 0.3 is 12.7 Å². The molecule has 2 fully saturated rings. The predicted molar refractivity (Wildman–Crippen MR) is 146 cm³/mol. The average molecular weight is 577 g/mol. The van der Waals surface area contributed by atoms with E-state index in [1.54, 1.807) is 0 Å². The molecule has 0 bridgehead atoms. The van der Waals surface area contributed by atoms with Gasteiger partial charge in [0.05, 0.1) is 5.92 Å². The molecule has 0 unspecified atom stereocenters. The summed E-state index contributed by atoms with van der Waals surface area (Å²) in [7, 11) is 0. The number of benzene rings is 3. The SMILES string of the molecule is CC1CCC(c2ccc(C3CCC(C(F)(F)Oc4ccc(-c5ccc(OC(F)F)c(F)c5)c(F)c4)CC3)cc2)CC1. The summed E-state index contributed by atoms with van der Waals surface area (Å²) < 4.78 is 92.8. The summed E-state index contributed by atoms with van der Waals surface area (Å²) in [6.45, 7) is -0.898. The van der Waals surface area contributed by atoms with Gasteiger partial charge in [-0.2, -0.15) is 17.6 Å². The molecule has 2 saturated carbocycles. The molecule has 8 heteroatoms. The molecule has 0 radical (unpaired) electrons. The van der Waals surface area contributed by atoms with E-state index in [0.717, 1.165) is 24.1 Å². The van der Waals surface area contributed by atoms with Crippen LogP contribution in [-0.2, 0) is 0 Å². The molecule has 220 valence electrons. The number of halogens is 6. The van der Waals surface area contributed by atoms with Gasteiger partial charge in [-0.25, -0.2) is 8.78 Å². The zero-order valence-electron chi connectivity index (χ0n) is 22.9. The lowest BCUT2D eigenvalue weighted by Gasteiger charge is -2.33. The molecular formula is C33H34F6O2. The van der Waals surface area contributed by atoms with Gasteiger partial charge in [-0.1, -0.05) is 50.1 Å². The number of rotatable bonds is 8. The summed E-state index contributed by atoms with van der Waals surface area (Å²) >= 11 is 0. The summed E-state index contributed by atoms with van der Waals surface area (Å²) in [4.78, 5) is 0. The zero-order chi connectivity index (χ0) is 29.1. The van der Waals surface area contributed by atoms with Crippen molar-refractivity contribution in [2.75, 3.05) is 0 Å². The fraction of sp³-hybridized carbons (Fsp3) is 0.455. The van der Waals surface area contributed by atoms with Crippen molar-refractivity contribution in [3.8, 4) is 22.6 Å².